The zero-order chi connectivity index (χ0) is 29.0. The number of carbonyl (C=O) groups is 1. The molecule has 0 saturated heterocycles. The fourth-order valence-electron chi connectivity index (χ4n) is 5.15. The van der Waals surface area contributed by atoms with Crippen molar-refractivity contribution in [2.24, 2.45) is 5.92 Å². The molecule has 5 rings (SSSR count). The molecular formula is C28H38N7O5P. The molecule has 13 heteroatoms. The van der Waals surface area contributed by atoms with Crippen LogP contribution in [0.2, 0.25) is 0 Å². The number of esters is 1. The van der Waals surface area contributed by atoms with E-state index in [1.165, 1.54) is 12.8 Å². The van der Waals surface area contributed by atoms with Crippen LogP contribution in [-0.2, 0) is 18.6 Å². The van der Waals surface area contributed by atoms with Crippen LogP contribution in [0.1, 0.15) is 58.9 Å². The minimum atomic E-state index is -3.94. The summed E-state index contributed by atoms with van der Waals surface area (Å²) in [7, 11) is -3.94. The Labute approximate surface area is 239 Å². The summed E-state index contributed by atoms with van der Waals surface area (Å²) in [5, 5.41) is 6.23. The Balaban J connectivity index is 1.26. The third kappa shape index (κ3) is 7.25. The van der Waals surface area contributed by atoms with Crippen LogP contribution in [0.25, 0.3) is 11.2 Å². The van der Waals surface area contributed by atoms with Gasteiger partial charge in [0.05, 0.1) is 25.1 Å². The highest BCUT2D eigenvalue weighted by Crippen LogP contribution is 2.46. The summed E-state index contributed by atoms with van der Waals surface area (Å²) < 4.78 is 32.7. The van der Waals surface area contributed by atoms with Crippen molar-refractivity contribution in [2.75, 3.05) is 17.7 Å². The maximum absolute atomic E-state index is 13.8. The predicted molar refractivity (Wildman–Crippen MR) is 156 cm³/mol. The number of carbonyl (C=O) groups excluding carboxylic acids is 1. The number of ether oxygens (including phenoxy) is 1. The molecule has 2 heterocycles. The van der Waals surface area contributed by atoms with E-state index in [4.69, 9.17) is 19.5 Å². The maximum Gasteiger partial charge on any atom is 0.459 e. The average molecular weight is 584 g/mol. The number of hydrogen-bond acceptors (Lipinski definition) is 10. The van der Waals surface area contributed by atoms with Gasteiger partial charge in [0.25, 0.3) is 0 Å². The SMILES string of the molecule is CC(C)OC(=O)[C@H](C)N[P@@](=O)(OC[C@@H]1C=C[C@H](n2cnc3c(NC4CCCC4)nc(N)nc32)C1)Oc1ccccc1. The lowest BCUT2D eigenvalue weighted by atomic mass is 10.1. The fraction of sp³-hybridized carbons (Fsp3) is 0.500. The number of imidazole rings is 1. The van der Waals surface area contributed by atoms with E-state index in [0.29, 0.717) is 35.2 Å². The molecule has 0 bridgehead atoms. The molecule has 12 nitrogen and oxygen atoms in total. The first-order valence-corrected chi connectivity index (χ1v) is 15.7. The Morgan fingerprint density at radius 3 is 2.63 bits per heavy atom. The molecule has 0 unspecified atom stereocenters. The highest BCUT2D eigenvalue weighted by molar-refractivity contribution is 7.52. The number of nitrogens with zero attached hydrogens (tertiary/aromatic N) is 4. The Morgan fingerprint density at radius 2 is 1.90 bits per heavy atom. The third-order valence-corrected chi connectivity index (χ3v) is 8.77. The van der Waals surface area contributed by atoms with E-state index in [0.717, 1.165) is 12.8 Å². The predicted octanol–water partition coefficient (Wildman–Crippen LogP) is 5.01. The molecule has 1 saturated carbocycles. The average Bonchev–Trinajstić information content (AvgIpc) is 3.69. The molecule has 4 atom stereocenters. The molecule has 3 aromatic rings. The normalized spacial score (nSPS) is 21.3. The molecular weight excluding hydrogens is 545 g/mol. The number of allylic oxidation sites excluding steroid dienone is 1. The van der Waals surface area contributed by atoms with Gasteiger partial charge in [-0.25, -0.2) is 9.55 Å². The highest BCUT2D eigenvalue weighted by Gasteiger charge is 2.34. The third-order valence-electron chi connectivity index (χ3n) is 7.13. The number of benzene rings is 1. The Kier molecular flexibility index (Phi) is 8.91. The Bertz CT molecular complexity index is 1420. The topological polar surface area (TPSA) is 156 Å². The van der Waals surface area contributed by atoms with E-state index >= 15 is 0 Å². The lowest BCUT2D eigenvalue weighted by molar-refractivity contribution is -0.149. The molecule has 0 aliphatic heterocycles. The van der Waals surface area contributed by atoms with E-state index in [2.05, 4.69) is 31.4 Å². The zero-order valence-electron chi connectivity index (χ0n) is 23.6. The van der Waals surface area contributed by atoms with Crippen molar-refractivity contribution in [3.8, 4) is 5.75 Å². The van der Waals surface area contributed by atoms with Crippen molar-refractivity contribution in [3.05, 3.63) is 48.8 Å². The second-order valence-electron chi connectivity index (χ2n) is 10.9. The quantitative estimate of drug-likeness (QED) is 0.150. The highest BCUT2D eigenvalue weighted by atomic mass is 31.2. The van der Waals surface area contributed by atoms with Gasteiger partial charge < -0.3 is 24.9 Å². The molecule has 1 fully saturated rings. The number of aromatic nitrogens is 4. The number of para-hydroxylation sites is 1. The molecule has 1 aromatic carbocycles. The van der Waals surface area contributed by atoms with Gasteiger partial charge in [-0.2, -0.15) is 15.1 Å². The Morgan fingerprint density at radius 1 is 1.15 bits per heavy atom. The molecule has 2 aromatic heterocycles. The van der Waals surface area contributed by atoms with Crippen LogP contribution in [0.3, 0.4) is 0 Å². The van der Waals surface area contributed by atoms with Crippen LogP contribution < -0.4 is 20.7 Å². The van der Waals surface area contributed by atoms with Crippen LogP contribution in [0.5, 0.6) is 5.75 Å². The van der Waals surface area contributed by atoms with E-state index in [-0.39, 0.29) is 30.6 Å². The largest absolute Gasteiger partial charge is 0.462 e. The van der Waals surface area contributed by atoms with Gasteiger partial charge >= 0.3 is 13.7 Å². The summed E-state index contributed by atoms with van der Waals surface area (Å²) >= 11 is 0. The molecule has 0 spiro atoms. The van der Waals surface area contributed by atoms with Crippen LogP contribution in [0.4, 0.5) is 11.8 Å². The molecule has 0 amide bonds. The fourth-order valence-corrected chi connectivity index (χ4v) is 6.70. The van der Waals surface area contributed by atoms with Crippen molar-refractivity contribution >= 4 is 36.6 Å². The lowest BCUT2D eigenvalue weighted by Crippen LogP contribution is -2.36. The summed E-state index contributed by atoms with van der Waals surface area (Å²) in [5.74, 6) is 0.597. The zero-order valence-corrected chi connectivity index (χ0v) is 24.5. The van der Waals surface area contributed by atoms with Crippen LogP contribution in [-0.4, -0.2) is 50.3 Å². The van der Waals surface area contributed by atoms with Gasteiger partial charge in [0.2, 0.25) is 5.95 Å². The number of nitrogen functional groups attached to an aromatic ring is 1. The van der Waals surface area contributed by atoms with Gasteiger partial charge in [-0.15, -0.1) is 0 Å². The van der Waals surface area contributed by atoms with E-state index in [9.17, 15) is 9.36 Å². The van der Waals surface area contributed by atoms with Crippen molar-refractivity contribution in [1.82, 2.24) is 24.6 Å². The van der Waals surface area contributed by atoms with Gasteiger partial charge in [-0.05, 0) is 52.2 Å². The first-order valence-electron chi connectivity index (χ1n) is 14.1. The van der Waals surface area contributed by atoms with Crippen molar-refractivity contribution in [3.63, 3.8) is 0 Å². The smallest absolute Gasteiger partial charge is 0.459 e. The summed E-state index contributed by atoms with van der Waals surface area (Å²) in [4.78, 5) is 25.9. The first-order chi connectivity index (χ1) is 19.7. The summed E-state index contributed by atoms with van der Waals surface area (Å²) in [5.41, 5.74) is 7.42. The number of nitrogens with one attached hydrogen (secondary N) is 2. The number of nitrogens with two attached hydrogens (primary N) is 1. The lowest BCUT2D eigenvalue weighted by Gasteiger charge is -2.24. The maximum atomic E-state index is 13.8. The van der Waals surface area contributed by atoms with Gasteiger partial charge in [-0.1, -0.05) is 43.2 Å². The second kappa shape index (κ2) is 12.6. The number of fused-ring (bicyclic) bond motifs is 1. The molecule has 41 heavy (non-hydrogen) atoms. The van der Waals surface area contributed by atoms with E-state index in [1.807, 2.05) is 16.7 Å². The van der Waals surface area contributed by atoms with E-state index < -0.39 is 19.8 Å². The number of anilines is 2. The number of rotatable bonds is 12. The molecule has 2 aliphatic carbocycles. The first kappa shape index (κ1) is 29.0. The van der Waals surface area contributed by atoms with Gasteiger partial charge in [0, 0.05) is 12.0 Å². The summed E-state index contributed by atoms with van der Waals surface area (Å²) in [6.45, 7) is 5.17. The molecule has 2 aliphatic rings. The van der Waals surface area contributed by atoms with Crippen LogP contribution >= 0.6 is 7.75 Å². The minimum absolute atomic E-state index is 0.0513. The van der Waals surface area contributed by atoms with Gasteiger partial charge in [0.1, 0.15) is 11.8 Å². The summed E-state index contributed by atoms with van der Waals surface area (Å²) in [6, 6.07) is 8.11. The van der Waals surface area contributed by atoms with Gasteiger partial charge in [-0.3, -0.25) is 9.32 Å². The van der Waals surface area contributed by atoms with Gasteiger partial charge in [0.15, 0.2) is 17.0 Å². The summed E-state index contributed by atoms with van der Waals surface area (Å²) in [6.07, 6.45) is 10.8. The van der Waals surface area contributed by atoms with Crippen LogP contribution in [0, 0.1) is 5.92 Å². The number of hydrogen-bond donors (Lipinski definition) is 3. The molecule has 220 valence electrons. The molecule has 0 radical (unpaired) electrons. The second-order valence-corrected chi connectivity index (χ2v) is 12.6. The van der Waals surface area contributed by atoms with E-state index in [1.54, 1.807) is 51.4 Å². The van der Waals surface area contributed by atoms with Crippen molar-refractivity contribution < 1.29 is 23.1 Å². The minimum Gasteiger partial charge on any atom is -0.462 e. The Hall–Kier alpha value is -3.47. The monoisotopic (exact) mass is 583 g/mol. The standard InChI is InChI=1S/C28H38N7O5P/c1-18(2)39-27(36)19(3)34-41(37,40-23-11-5-4-6-12-23)38-16-20-13-14-22(15-20)35-17-30-24-25(31-21-9-7-8-10-21)32-28(29)33-26(24)35/h4-6,11-14,17-22H,7-10,15-16H2,1-3H3,(H,34,37)(H3,29,31,32,33)/t19-,20+,22-,41+/m0/s1. The van der Waals surface area contributed by atoms with Crippen molar-refractivity contribution in [2.45, 2.75) is 77.1 Å². The van der Waals surface area contributed by atoms with Crippen molar-refractivity contribution in [1.29, 1.82) is 0 Å². The molecule has 4 N–H and O–H groups in total. The van der Waals surface area contributed by atoms with Crippen LogP contribution in [0.15, 0.2) is 48.8 Å².